The molecule has 3 heterocycles. The number of nitrogens with one attached hydrogen (secondary N) is 5. The molecule has 0 bridgehead atoms. The summed E-state index contributed by atoms with van der Waals surface area (Å²) in [5.41, 5.74) is -0.0582. The van der Waals surface area contributed by atoms with Gasteiger partial charge in [0.1, 0.15) is 60.3 Å². The summed E-state index contributed by atoms with van der Waals surface area (Å²) in [6.45, 7) is 5.03. The zero-order chi connectivity index (χ0) is 55.5. The monoisotopic (exact) mass is 1060 g/mol. The Hall–Kier alpha value is -5.01. The minimum absolute atomic E-state index is 0.0489. The van der Waals surface area contributed by atoms with Gasteiger partial charge in [-0.25, -0.2) is 0 Å². The second-order valence-electron chi connectivity index (χ2n) is 20.8. The van der Waals surface area contributed by atoms with Crippen LogP contribution in [0.25, 0.3) is 0 Å². The molecule has 0 aromatic heterocycles. The second kappa shape index (κ2) is 30.7. The molecular weight excluding hydrogens is 979 g/mol. The fourth-order valence-corrected chi connectivity index (χ4v) is 9.95. The molecule has 75 heavy (non-hydrogen) atoms. The van der Waals surface area contributed by atoms with Crippen molar-refractivity contribution in [1.82, 2.24) is 36.4 Å². The van der Waals surface area contributed by atoms with Gasteiger partial charge < -0.3 is 82.3 Å². The molecule has 15 unspecified atom stereocenters. The van der Waals surface area contributed by atoms with E-state index < -0.39 is 152 Å². The normalized spacial score (nSPS) is 29.2. The molecule has 14 N–H and O–H groups in total. The van der Waals surface area contributed by atoms with Gasteiger partial charge in [0.15, 0.2) is 6.23 Å². The highest BCUT2D eigenvalue weighted by Gasteiger charge is 2.50. The van der Waals surface area contributed by atoms with Crippen molar-refractivity contribution in [2.24, 2.45) is 5.92 Å². The first-order valence-corrected chi connectivity index (χ1v) is 26.9. The lowest BCUT2D eigenvalue weighted by Gasteiger charge is -2.34. The number of carbonyl (C=O) groups is 7. The van der Waals surface area contributed by atoms with Gasteiger partial charge in [-0.15, -0.1) is 0 Å². The zero-order valence-electron chi connectivity index (χ0n) is 43.9. The Morgan fingerprint density at radius 1 is 0.627 bits per heavy atom. The van der Waals surface area contributed by atoms with E-state index in [0.29, 0.717) is 12.8 Å². The molecule has 0 aliphatic carbocycles. The van der Waals surface area contributed by atoms with Crippen LogP contribution in [0.5, 0.6) is 5.75 Å². The van der Waals surface area contributed by atoms with Gasteiger partial charge in [0.2, 0.25) is 41.4 Å². The van der Waals surface area contributed by atoms with Gasteiger partial charge in [-0.05, 0) is 38.0 Å². The van der Waals surface area contributed by atoms with Crippen LogP contribution in [0.3, 0.4) is 0 Å². The number of rotatable bonds is 22. The Morgan fingerprint density at radius 2 is 1.12 bits per heavy atom. The summed E-state index contributed by atoms with van der Waals surface area (Å²) in [7, 11) is 0. The van der Waals surface area contributed by atoms with Crippen LogP contribution in [0.4, 0.5) is 0 Å². The summed E-state index contributed by atoms with van der Waals surface area (Å²) in [4.78, 5) is 100. The lowest BCUT2D eigenvalue weighted by molar-refractivity contribution is -0.148. The van der Waals surface area contributed by atoms with Crippen LogP contribution in [-0.4, -0.2) is 189 Å². The molecular formula is C52H85N7O16. The van der Waals surface area contributed by atoms with Crippen molar-refractivity contribution in [3.63, 3.8) is 0 Å². The van der Waals surface area contributed by atoms with E-state index in [1.54, 1.807) is 0 Å². The summed E-state index contributed by atoms with van der Waals surface area (Å²) < 4.78 is 0. The quantitative estimate of drug-likeness (QED) is 0.0627. The maximum Gasteiger partial charge on any atom is 0.248 e. The number of aromatic hydroxyl groups is 1. The maximum absolute atomic E-state index is 14.3. The van der Waals surface area contributed by atoms with Gasteiger partial charge in [0, 0.05) is 38.3 Å². The number of aliphatic hydroxyl groups excluding tert-OH is 8. The van der Waals surface area contributed by atoms with Crippen molar-refractivity contribution in [1.29, 1.82) is 0 Å². The number of hydrogen-bond donors (Lipinski definition) is 14. The summed E-state index contributed by atoms with van der Waals surface area (Å²) in [6, 6.07) is -6.56. The molecule has 3 aliphatic rings. The Kier molecular flexibility index (Phi) is 25.6. The molecule has 424 valence electrons. The molecule has 23 nitrogen and oxygen atoms in total. The Labute approximate surface area is 439 Å². The largest absolute Gasteiger partial charge is 0.508 e. The number of phenols is 1. The van der Waals surface area contributed by atoms with E-state index >= 15 is 0 Å². The van der Waals surface area contributed by atoms with Gasteiger partial charge in [-0.3, -0.25) is 33.6 Å². The van der Waals surface area contributed by atoms with Crippen molar-refractivity contribution in [2.45, 2.75) is 228 Å². The van der Waals surface area contributed by atoms with Crippen molar-refractivity contribution in [2.75, 3.05) is 13.1 Å². The van der Waals surface area contributed by atoms with Gasteiger partial charge in [0.25, 0.3) is 0 Å². The van der Waals surface area contributed by atoms with Gasteiger partial charge >= 0.3 is 0 Å². The molecule has 3 fully saturated rings. The first kappa shape index (κ1) is 62.5. The van der Waals surface area contributed by atoms with Gasteiger partial charge in [-0.2, -0.15) is 0 Å². The average molecular weight is 1060 g/mol. The standard InChI is InChI=1S/C52H85N7O16/c1-5-6-7-8-9-10-11-12-13-14-15-16-17-18-19-20-38(65)53-35-26-37(64)48(71)57-50(73)42-43(66)29(2)27-59(42)52(75)40(31(4)61)55-49(72)41(45(68)44(67)32-21-23-33(62)24-22-32)56-47(70)36-25-34(63)28-58(36)51(74)39(30(3)60)54-46(35)69/h21-24,29-31,34-37,39-45,48,60-64,66-68,71H,5-20,25-28H2,1-4H3,(H,53,65)(H,54,69)(H,55,72)(H,56,70)(H,57,73). The van der Waals surface area contributed by atoms with Crippen LogP contribution in [0.1, 0.15) is 155 Å². The molecule has 4 rings (SSSR count). The number of nitrogens with zero attached hydrogens (tertiary/aromatic N) is 2. The van der Waals surface area contributed by atoms with E-state index in [9.17, 15) is 79.5 Å². The molecule has 3 saturated heterocycles. The van der Waals surface area contributed by atoms with E-state index in [1.807, 2.05) is 0 Å². The smallest absolute Gasteiger partial charge is 0.248 e. The predicted octanol–water partition coefficient (Wildman–Crippen LogP) is -0.882. The lowest BCUT2D eigenvalue weighted by atomic mass is 9.96. The molecule has 23 heteroatoms. The van der Waals surface area contributed by atoms with Crippen LogP contribution in [0.2, 0.25) is 0 Å². The van der Waals surface area contributed by atoms with E-state index in [0.717, 1.165) is 49.3 Å². The van der Waals surface area contributed by atoms with E-state index in [1.165, 1.54) is 89.0 Å². The van der Waals surface area contributed by atoms with Crippen LogP contribution in [0, 0.1) is 5.92 Å². The van der Waals surface area contributed by atoms with Crippen molar-refractivity contribution in [3.8, 4) is 5.75 Å². The zero-order valence-corrected chi connectivity index (χ0v) is 43.9. The van der Waals surface area contributed by atoms with E-state index in [-0.39, 0.29) is 24.3 Å². The fraction of sp³-hybridized carbons (Fsp3) is 0.750. The molecule has 0 radical (unpaired) electrons. The number of carbonyl (C=O) groups excluding carboxylic acids is 7. The van der Waals surface area contributed by atoms with Crippen LogP contribution < -0.4 is 26.6 Å². The van der Waals surface area contributed by atoms with Gasteiger partial charge in [0.05, 0.1) is 24.4 Å². The Balaban J connectivity index is 1.60. The third-order valence-electron chi connectivity index (χ3n) is 14.5. The highest BCUT2D eigenvalue weighted by atomic mass is 16.3. The number of amides is 7. The number of fused-ring (bicyclic) bond motifs is 2. The Morgan fingerprint density at radius 3 is 1.65 bits per heavy atom. The molecule has 7 amide bonds. The van der Waals surface area contributed by atoms with Crippen molar-refractivity contribution in [3.05, 3.63) is 29.8 Å². The number of hydrogen-bond acceptors (Lipinski definition) is 16. The molecule has 1 aromatic rings. The minimum atomic E-state index is -2.27. The topological polar surface area (TPSA) is 368 Å². The average Bonchev–Trinajstić information content (AvgIpc) is 3.91. The van der Waals surface area contributed by atoms with E-state index in [2.05, 4.69) is 33.5 Å². The molecule has 15 atom stereocenters. The molecule has 0 saturated carbocycles. The summed E-state index contributed by atoms with van der Waals surface area (Å²) in [5.74, 6) is -8.91. The van der Waals surface area contributed by atoms with Crippen LogP contribution in [-0.2, 0) is 33.6 Å². The summed E-state index contributed by atoms with van der Waals surface area (Å²) in [5, 5.41) is 111. The highest BCUT2D eigenvalue weighted by molar-refractivity contribution is 5.98. The summed E-state index contributed by atoms with van der Waals surface area (Å²) in [6.07, 6.45) is 0.182. The highest BCUT2D eigenvalue weighted by Crippen LogP contribution is 2.28. The number of phenolic OH excluding ortho intramolecular Hbond substituents is 1. The van der Waals surface area contributed by atoms with Crippen molar-refractivity contribution < 1.29 is 79.5 Å². The number of benzene rings is 1. The number of aliphatic hydroxyl groups is 8. The molecule has 3 aliphatic heterocycles. The van der Waals surface area contributed by atoms with E-state index in [4.69, 9.17) is 0 Å². The number of unbranched alkanes of at least 4 members (excludes halogenated alkanes) is 14. The first-order valence-electron chi connectivity index (χ1n) is 26.9. The molecule has 1 aromatic carbocycles. The summed E-state index contributed by atoms with van der Waals surface area (Å²) >= 11 is 0. The fourth-order valence-electron chi connectivity index (χ4n) is 9.95. The Bertz CT molecular complexity index is 2010. The van der Waals surface area contributed by atoms with Crippen LogP contribution in [0.15, 0.2) is 24.3 Å². The molecule has 0 spiro atoms. The minimum Gasteiger partial charge on any atom is -0.508 e. The first-order chi connectivity index (χ1) is 35.6. The third kappa shape index (κ3) is 18.3. The third-order valence-corrected chi connectivity index (χ3v) is 14.5. The SMILES string of the molecule is CCCCCCCCCCCCCCCCCC(=O)NC1CC(O)C(O)NC(=O)C2C(O)C(C)CN2C(=O)C(C(C)O)NC(=O)C(C(O)C(O)c2ccc(O)cc2)NC(=O)C2CC(O)CN2C(=O)C(C(C)O)NC1=O. The lowest BCUT2D eigenvalue weighted by Crippen LogP contribution is -2.64. The maximum atomic E-state index is 14.3. The van der Waals surface area contributed by atoms with Crippen LogP contribution >= 0.6 is 0 Å². The van der Waals surface area contributed by atoms with Crippen molar-refractivity contribution >= 4 is 41.4 Å². The van der Waals surface area contributed by atoms with Gasteiger partial charge in [-0.1, -0.05) is 116 Å². The second-order valence-corrected chi connectivity index (χ2v) is 20.8. The predicted molar refractivity (Wildman–Crippen MR) is 271 cm³/mol.